The zero-order valence-electron chi connectivity index (χ0n) is 14.0. The molecule has 3 rings (SSSR count). The Morgan fingerprint density at radius 3 is 2.52 bits per heavy atom. The van der Waals surface area contributed by atoms with Gasteiger partial charge in [-0.2, -0.15) is 0 Å². The third-order valence-corrected chi connectivity index (χ3v) is 5.05. The second-order valence-electron chi connectivity index (χ2n) is 5.90. The Bertz CT molecular complexity index is 907. The maximum atomic E-state index is 12.4. The van der Waals surface area contributed by atoms with Crippen molar-refractivity contribution in [2.45, 2.75) is 17.9 Å². The summed E-state index contributed by atoms with van der Waals surface area (Å²) in [6.45, 7) is 2.87. The van der Waals surface area contributed by atoms with Gasteiger partial charge < -0.3 is 14.8 Å². The summed E-state index contributed by atoms with van der Waals surface area (Å²) in [6.07, 6.45) is 1.11. The van der Waals surface area contributed by atoms with Crippen molar-refractivity contribution >= 4 is 15.7 Å². The van der Waals surface area contributed by atoms with Gasteiger partial charge in [-0.1, -0.05) is 12.1 Å². The van der Waals surface area contributed by atoms with E-state index in [4.69, 9.17) is 9.47 Å². The Morgan fingerprint density at radius 2 is 1.80 bits per heavy atom. The fourth-order valence-electron chi connectivity index (χ4n) is 2.56. The van der Waals surface area contributed by atoms with Crippen LogP contribution in [0.3, 0.4) is 0 Å². The maximum absolute atomic E-state index is 12.4. The molecule has 0 bridgehead atoms. The SMILES string of the molecule is CC(NC(=O)c1cccc(S(C)(=O)=O)c1)c1ccc2c(c1)OCCO2. The predicted molar refractivity (Wildman–Crippen MR) is 92.9 cm³/mol. The number of benzene rings is 2. The van der Waals surface area contributed by atoms with Crippen molar-refractivity contribution in [3.63, 3.8) is 0 Å². The van der Waals surface area contributed by atoms with Crippen LogP contribution in [-0.2, 0) is 9.84 Å². The van der Waals surface area contributed by atoms with Crippen molar-refractivity contribution in [2.75, 3.05) is 19.5 Å². The summed E-state index contributed by atoms with van der Waals surface area (Å²) in [5.74, 6) is 1.01. The number of rotatable bonds is 4. The van der Waals surface area contributed by atoms with Gasteiger partial charge in [-0.25, -0.2) is 8.42 Å². The van der Waals surface area contributed by atoms with Gasteiger partial charge in [0.05, 0.1) is 10.9 Å². The molecule has 7 heteroatoms. The van der Waals surface area contributed by atoms with Crippen LogP contribution < -0.4 is 14.8 Å². The van der Waals surface area contributed by atoms with Gasteiger partial charge in [-0.3, -0.25) is 4.79 Å². The molecule has 0 saturated heterocycles. The molecule has 0 fully saturated rings. The molecule has 0 spiro atoms. The van der Waals surface area contributed by atoms with Gasteiger partial charge in [-0.15, -0.1) is 0 Å². The lowest BCUT2D eigenvalue weighted by Gasteiger charge is -2.21. The number of nitrogens with one attached hydrogen (secondary N) is 1. The zero-order valence-corrected chi connectivity index (χ0v) is 14.8. The highest BCUT2D eigenvalue weighted by Crippen LogP contribution is 2.32. The average Bonchev–Trinajstić information content (AvgIpc) is 2.60. The van der Waals surface area contributed by atoms with Crippen LogP contribution in [0.5, 0.6) is 11.5 Å². The quantitative estimate of drug-likeness (QED) is 0.904. The standard InChI is InChI=1S/C18H19NO5S/c1-12(13-6-7-16-17(11-13)24-9-8-23-16)19-18(20)14-4-3-5-15(10-14)25(2,21)22/h3-7,10-12H,8-9H2,1-2H3,(H,19,20). The predicted octanol–water partition coefficient (Wildman–Crippen LogP) is 2.35. The van der Waals surface area contributed by atoms with E-state index in [9.17, 15) is 13.2 Å². The summed E-state index contributed by atoms with van der Waals surface area (Å²) in [5, 5.41) is 2.87. The first-order valence-corrected chi connectivity index (χ1v) is 9.74. The van der Waals surface area contributed by atoms with Gasteiger partial charge in [0, 0.05) is 11.8 Å². The molecule has 1 atom stereocenters. The molecule has 2 aromatic rings. The summed E-state index contributed by atoms with van der Waals surface area (Å²) in [5.41, 5.74) is 1.17. The number of carbonyl (C=O) groups is 1. The second kappa shape index (κ2) is 6.76. The Balaban J connectivity index is 1.77. The molecule has 0 aliphatic carbocycles. The molecular formula is C18H19NO5S. The lowest BCUT2D eigenvalue weighted by atomic mass is 10.1. The van der Waals surface area contributed by atoms with Crippen molar-refractivity contribution in [1.29, 1.82) is 0 Å². The summed E-state index contributed by atoms with van der Waals surface area (Å²) >= 11 is 0. The number of hydrogen-bond acceptors (Lipinski definition) is 5. The first kappa shape index (κ1) is 17.3. The van der Waals surface area contributed by atoms with Gasteiger partial charge in [0.1, 0.15) is 13.2 Å². The van der Waals surface area contributed by atoms with Crippen LogP contribution in [0.4, 0.5) is 0 Å². The number of amides is 1. The Kier molecular flexibility index (Phi) is 4.67. The molecule has 1 amide bonds. The fraction of sp³-hybridized carbons (Fsp3) is 0.278. The molecule has 1 aliphatic rings. The van der Waals surface area contributed by atoms with Gasteiger partial charge in [-0.05, 0) is 42.8 Å². The van der Waals surface area contributed by atoms with Crippen LogP contribution in [0.15, 0.2) is 47.4 Å². The van der Waals surface area contributed by atoms with Crippen LogP contribution in [0.1, 0.15) is 28.9 Å². The third-order valence-electron chi connectivity index (χ3n) is 3.94. The van der Waals surface area contributed by atoms with Crippen LogP contribution >= 0.6 is 0 Å². The Morgan fingerprint density at radius 1 is 1.08 bits per heavy atom. The minimum absolute atomic E-state index is 0.118. The lowest BCUT2D eigenvalue weighted by Crippen LogP contribution is -2.27. The van der Waals surface area contributed by atoms with E-state index in [0.29, 0.717) is 30.3 Å². The van der Waals surface area contributed by atoms with E-state index in [1.165, 1.54) is 12.1 Å². The van der Waals surface area contributed by atoms with E-state index >= 15 is 0 Å². The number of sulfone groups is 1. The van der Waals surface area contributed by atoms with Gasteiger partial charge >= 0.3 is 0 Å². The molecular weight excluding hydrogens is 342 g/mol. The van der Waals surface area contributed by atoms with E-state index < -0.39 is 9.84 Å². The molecule has 1 N–H and O–H groups in total. The number of fused-ring (bicyclic) bond motifs is 1. The number of hydrogen-bond donors (Lipinski definition) is 1. The van der Waals surface area contributed by atoms with Crippen molar-refractivity contribution in [3.05, 3.63) is 53.6 Å². The van der Waals surface area contributed by atoms with Crippen molar-refractivity contribution in [1.82, 2.24) is 5.32 Å². The average molecular weight is 361 g/mol. The zero-order chi connectivity index (χ0) is 18.0. The lowest BCUT2D eigenvalue weighted by molar-refractivity contribution is 0.0939. The highest BCUT2D eigenvalue weighted by molar-refractivity contribution is 7.90. The first-order chi connectivity index (χ1) is 11.8. The van der Waals surface area contributed by atoms with E-state index in [1.807, 2.05) is 25.1 Å². The monoisotopic (exact) mass is 361 g/mol. The molecule has 1 aliphatic heterocycles. The summed E-state index contributed by atoms with van der Waals surface area (Å²) in [7, 11) is -3.36. The molecule has 0 saturated carbocycles. The van der Waals surface area contributed by atoms with Gasteiger partial charge in [0.15, 0.2) is 21.3 Å². The normalized spacial score (nSPS) is 14.6. The summed E-state index contributed by atoms with van der Waals surface area (Å²) in [6, 6.07) is 11.2. The summed E-state index contributed by atoms with van der Waals surface area (Å²) in [4.78, 5) is 12.6. The highest BCUT2D eigenvalue weighted by Gasteiger charge is 2.17. The minimum Gasteiger partial charge on any atom is -0.486 e. The molecule has 25 heavy (non-hydrogen) atoms. The number of ether oxygens (including phenoxy) is 2. The van der Waals surface area contributed by atoms with E-state index in [2.05, 4.69) is 5.32 Å². The van der Waals surface area contributed by atoms with Gasteiger partial charge in [0.25, 0.3) is 5.91 Å². The molecule has 0 aromatic heterocycles. The van der Waals surface area contributed by atoms with Crippen LogP contribution in [0.2, 0.25) is 0 Å². The highest BCUT2D eigenvalue weighted by atomic mass is 32.2. The van der Waals surface area contributed by atoms with E-state index in [0.717, 1.165) is 11.8 Å². The topological polar surface area (TPSA) is 81.7 Å². The molecule has 2 aromatic carbocycles. The second-order valence-corrected chi connectivity index (χ2v) is 7.91. The first-order valence-electron chi connectivity index (χ1n) is 7.85. The van der Waals surface area contributed by atoms with Crippen molar-refractivity contribution in [3.8, 4) is 11.5 Å². The summed E-state index contributed by atoms with van der Waals surface area (Å²) < 4.78 is 34.3. The fourth-order valence-corrected chi connectivity index (χ4v) is 3.23. The third kappa shape index (κ3) is 3.93. The van der Waals surface area contributed by atoms with Gasteiger partial charge in [0.2, 0.25) is 0 Å². The molecule has 1 unspecified atom stereocenters. The molecule has 1 heterocycles. The van der Waals surface area contributed by atoms with Crippen LogP contribution in [-0.4, -0.2) is 33.8 Å². The molecule has 0 radical (unpaired) electrons. The number of carbonyl (C=O) groups excluding carboxylic acids is 1. The van der Waals surface area contributed by atoms with Crippen LogP contribution in [0, 0.1) is 0 Å². The Hall–Kier alpha value is -2.54. The Labute approximate surface area is 146 Å². The van der Waals surface area contributed by atoms with Crippen molar-refractivity contribution < 1.29 is 22.7 Å². The molecule has 132 valence electrons. The van der Waals surface area contributed by atoms with E-state index in [1.54, 1.807) is 12.1 Å². The van der Waals surface area contributed by atoms with Crippen LogP contribution in [0.25, 0.3) is 0 Å². The minimum atomic E-state index is -3.36. The van der Waals surface area contributed by atoms with Crippen molar-refractivity contribution in [2.24, 2.45) is 0 Å². The smallest absolute Gasteiger partial charge is 0.251 e. The van der Waals surface area contributed by atoms with E-state index in [-0.39, 0.29) is 16.8 Å². The maximum Gasteiger partial charge on any atom is 0.251 e. The largest absolute Gasteiger partial charge is 0.486 e. The molecule has 6 nitrogen and oxygen atoms in total.